The fourth-order valence-electron chi connectivity index (χ4n) is 1.89. The molecule has 0 spiro atoms. The monoisotopic (exact) mass is 241 g/mol. The van der Waals surface area contributed by atoms with Crippen molar-refractivity contribution in [2.75, 3.05) is 7.11 Å². The fourth-order valence-corrected chi connectivity index (χ4v) is 1.89. The van der Waals surface area contributed by atoms with Crippen LogP contribution >= 0.6 is 0 Å². The van der Waals surface area contributed by atoms with Crippen LogP contribution in [0.2, 0.25) is 0 Å². The SMILES string of the molecule is COc1ccc(C(=O)c2cccnc2C)c(C)c1. The Bertz CT molecular complexity index is 591. The number of aryl methyl sites for hydroxylation is 2. The van der Waals surface area contributed by atoms with E-state index in [1.54, 1.807) is 37.6 Å². The van der Waals surface area contributed by atoms with Crippen LogP contribution in [0.25, 0.3) is 0 Å². The maximum atomic E-state index is 12.4. The quantitative estimate of drug-likeness (QED) is 0.775. The van der Waals surface area contributed by atoms with Gasteiger partial charge >= 0.3 is 0 Å². The maximum Gasteiger partial charge on any atom is 0.195 e. The third kappa shape index (κ3) is 2.25. The van der Waals surface area contributed by atoms with Crippen LogP contribution in [-0.2, 0) is 0 Å². The molecule has 0 saturated heterocycles. The molecule has 18 heavy (non-hydrogen) atoms. The molecule has 0 fully saturated rings. The number of benzene rings is 1. The molecule has 2 aromatic rings. The Morgan fingerprint density at radius 3 is 2.56 bits per heavy atom. The molecule has 92 valence electrons. The topological polar surface area (TPSA) is 39.2 Å². The van der Waals surface area contributed by atoms with Gasteiger partial charge in [0.1, 0.15) is 5.75 Å². The summed E-state index contributed by atoms with van der Waals surface area (Å²) in [6.07, 6.45) is 1.69. The molecule has 0 atom stereocenters. The lowest BCUT2D eigenvalue weighted by atomic mass is 9.98. The Balaban J connectivity index is 2.44. The van der Waals surface area contributed by atoms with Crippen LogP contribution in [0.4, 0.5) is 0 Å². The highest BCUT2D eigenvalue weighted by Crippen LogP contribution is 2.20. The molecule has 0 N–H and O–H groups in total. The van der Waals surface area contributed by atoms with E-state index in [1.807, 2.05) is 19.9 Å². The summed E-state index contributed by atoms with van der Waals surface area (Å²) in [4.78, 5) is 16.6. The molecule has 3 nitrogen and oxygen atoms in total. The minimum absolute atomic E-state index is 0.000697. The smallest absolute Gasteiger partial charge is 0.195 e. The van der Waals surface area contributed by atoms with E-state index >= 15 is 0 Å². The van der Waals surface area contributed by atoms with Gasteiger partial charge in [-0.2, -0.15) is 0 Å². The Labute approximate surface area is 106 Å². The summed E-state index contributed by atoms with van der Waals surface area (Å²) in [6, 6.07) is 9.03. The molecular weight excluding hydrogens is 226 g/mol. The zero-order valence-electron chi connectivity index (χ0n) is 10.7. The van der Waals surface area contributed by atoms with Crippen molar-refractivity contribution in [2.24, 2.45) is 0 Å². The summed E-state index contributed by atoms with van der Waals surface area (Å²) < 4.78 is 5.14. The first-order chi connectivity index (χ1) is 8.63. The molecule has 0 saturated carbocycles. The van der Waals surface area contributed by atoms with Crippen LogP contribution in [0, 0.1) is 13.8 Å². The van der Waals surface area contributed by atoms with Crippen LogP contribution in [0.15, 0.2) is 36.5 Å². The van der Waals surface area contributed by atoms with E-state index < -0.39 is 0 Å². The van der Waals surface area contributed by atoms with Crippen molar-refractivity contribution in [2.45, 2.75) is 13.8 Å². The summed E-state index contributed by atoms with van der Waals surface area (Å²) in [5, 5.41) is 0. The number of ketones is 1. The fraction of sp³-hybridized carbons (Fsp3) is 0.200. The van der Waals surface area contributed by atoms with Gasteiger partial charge in [0.2, 0.25) is 0 Å². The Hall–Kier alpha value is -2.16. The Morgan fingerprint density at radius 1 is 1.17 bits per heavy atom. The van der Waals surface area contributed by atoms with E-state index in [2.05, 4.69) is 4.98 Å². The van der Waals surface area contributed by atoms with Crippen molar-refractivity contribution in [1.82, 2.24) is 4.98 Å². The summed E-state index contributed by atoms with van der Waals surface area (Å²) in [6.45, 7) is 3.74. The highest BCUT2D eigenvalue weighted by molar-refractivity contribution is 6.10. The molecule has 0 aliphatic carbocycles. The molecule has 1 heterocycles. The number of pyridine rings is 1. The van der Waals surface area contributed by atoms with Crippen molar-refractivity contribution < 1.29 is 9.53 Å². The average molecular weight is 241 g/mol. The summed E-state index contributed by atoms with van der Waals surface area (Å²) in [5.41, 5.74) is 2.98. The van der Waals surface area contributed by atoms with E-state index in [0.29, 0.717) is 11.1 Å². The van der Waals surface area contributed by atoms with Gasteiger partial charge in [0.25, 0.3) is 0 Å². The van der Waals surface area contributed by atoms with Gasteiger partial charge in [-0.25, -0.2) is 0 Å². The first-order valence-corrected chi connectivity index (χ1v) is 5.74. The zero-order valence-corrected chi connectivity index (χ0v) is 10.7. The van der Waals surface area contributed by atoms with Crippen LogP contribution in [0.5, 0.6) is 5.75 Å². The number of hydrogen-bond donors (Lipinski definition) is 0. The van der Waals surface area contributed by atoms with Crippen LogP contribution in [-0.4, -0.2) is 17.9 Å². The number of carbonyl (C=O) groups is 1. The normalized spacial score (nSPS) is 10.2. The third-order valence-corrected chi connectivity index (χ3v) is 2.93. The second-order valence-corrected chi connectivity index (χ2v) is 4.15. The van der Waals surface area contributed by atoms with E-state index in [9.17, 15) is 4.79 Å². The summed E-state index contributed by atoms with van der Waals surface area (Å²) in [5.74, 6) is 0.757. The van der Waals surface area contributed by atoms with E-state index in [0.717, 1.165) is 17.0 Å². The summed E-state index contributed by atoms with van der Waals surface area (Å²) in [7, 11) is 1.61. The molecule has 2 rings (SSSR count). The highest BCUT2D eigenvalue weighted by Gasteiger charge is 2.14. The zero-order chi connectivity index (χ0) is 13.1. The lowest BCUT2D eigenvalue weighted by molar-refractivity contribution is 0.103. The lowest BCUT2D eigenvalue weighted by Crippen LogP contribution is -2.06. The van der Waals surface area contributed by atoms with Gasteiger partial charge in [0.15, 0.2) is 5.78 Å². The van der Waals surface area contributed by atoms with Crippen LogP contribution in [0.3, 0.4) is 0 Å². The van der Waals surface area contributed by atoms with E-state index in [4.69, 9.17) is 4.74 Å². The van der Waals surface area contributed by atoms with Gasteiger partial charge in [-0.05, 0) is 49.7 Å². The molecule has 0 amide bonds. The van der Waals surface area contributed by atoms with Crippen molar-refractivity contribution in [1.29, 1.82) is 0 Å². The lowest BCUT2D eigenvalue weighted by Gasteiger charge is -2.08. The third-order valence-electron chi connectivity index (χ3n) is 2.93. The second-order valence-electron chi connectivity index (χ2n) is 4.15. The summed E-state index contributed by atoms with van der Waals surface area (Å²) >= 11 is 0. The molecule has 0 bridgehead atoms. The number of rotatable bonds is 3. The van der Waals surface area contributed by atoms with Gasteiger partial charge in [0.05, 0.1) is 7.11 Å². The first kappa shape index (κ1) is 12.3. The van der Waals surface area contributed by atoms with Crippen LogP contribution < -0.4 is 4.74 Å². The van der Waals surface area contributed by atoms with Gasteiger partial charge in [-0.15, -0.1) is 0 Å². The second kappa shape index (κ2) is 5.00. The number of nitrogens with zero attached hydrogens (tertiary/aromatic N) is 1. The van der Waals surface area contributed by atoms with Crippen molar-refractivity contribution in [3.63, 3.8) is 0 Å². The van der Waals surface area contributed by atoms with E-state index in [-0.39, 0.29) is 5.78 Å². The molecule has 0 unspecified atom stereocenters. The van der Waals surface area contributed by atoms with E-state index in [1.165, 1.54) is 0 Å². The number of aromatic nitrogens is 1. The maximum absolute atomic E-state index is 12.4. The highest BCUT2D eigenvalue weighted by atomic mass is 16.5. The predicted molar refractivity (Wildman–Crippen MR) is 70.1 cm³/mol. The van der Waals surface area contributed by atoms with Crippen LogP contribution in [0.1, 0.15) is 27.2 Å². The molecular formula is C15H15NO2. The Morgan fingerprint density at radius 2 is 1.94 bits per heavy atom. The molecule has 1 aromatic heterocycles. The number of hydrogen-bond acceptors (Lipinski definition) is 3. The van der Waals surface area contributed by atoms with Crippen molar-refractivity contribution in [3.8, 4) is 5.75 Å². The standard InChI is InChI=1S/C15H15NO2/c1-10-9-12(18-3)6-7-13(10)15(17)14-5-4-8-16-11(14)2/h4-9H,1-3H3. The number of ether oxygens (including phenoxy) is 1. The Kier molecular flexibility index (Phi) is 3.42. The van der Waals surface area contributed by atoms with Gasteiger partial charge in [-0.3, -0.25) is 9.78 Å². The van der Waals surface area contributed by atoms with Gasteiger partial charge in [-0.1, -0.05) is 0 Å². The molecule has 1 aromatic carbocycles. The minimum atomic E-state index is 0.000697. The molecule has 0 aliphatic rings. The molecule has 0 aliphatic heterocycles. The predicted octanol–water partition coefficient (Wildman–Crippen LogP) is 2.94. The number of carbonyl (C=O) groups excluding carboxylic acids is 1. The number of methoxy groups -OCH3 is 1. The van der Waals surface area contributed by atoms with Gasteiger partial charge < -0.3 is 4.74 Å². The van der Waals surface area contributed by atoms with Gasteiger partial charge in [0, 0.05) is 23.0 Å². The minimum Gasteiger partial charge on any atom is -0.497 e. The average Bonchev–Trinajstić information content (AvgIpc) is 2.38. The molecule has 3 heteroatoms. The first-order valence-electron chi connectivity index (χ1n) is 5.74. The van der Waals surface area contributed by atoms with Crippen molar-refractivity contribution in [3.05, 3.63) is 58.9 Å². The van der Waals surface area contributed by atoms with Crippen molar-refractivity contribution >= 4 is 5.78 Å². The largest absolute Gasteiger partial charge is 0.497 e. The molecule has 0 radical (unpaired) electrons.